The van der Waals surface area contributed by atoms with Crippen molar-refractivity contribution >= 4 is 31.7 Å². The Bertz CT molecular complexity index is 1150. The van der Waals surface area contributed by atoms with Gasteiger partial charge in [-0.25, -0.2) is 0 Å². The number of hydroxylamine groups is 6. The molecule has 0 aliphatic heterocycles. The fourth-order valence-electron chi connectivity index (χ4n) is 4.09. The minimum Gasteiger partial charge on any atom is -0.254 e. The molecule has 0 aromatic rings. The van der Waals surface area contributed by atoms with E-state index in [1.165, 1.54) is 36.5 Å². The van der Waals surface area contributed by atoms with Crippen molar-refractivity contribution in [2.75, 3.05) is 39.3 Å². The molecule has 2 aliphatic carbocycles. The summed E-state index contributed by atoms with van der Waals surface area (Å²) >= 11 is 0. The maximum Gasteiger partial charge on any atom is 0.343 e. The number of rotatable bonds is 12. The number of nitrogens with zero attached hydrogens (tertiary/aromatic N) is 2. The average Bonchev–Trinajstić information content (AvgIpc) is 2.86. The first-order valence-corrected chi connectivity index (χ1v) is 15.0. The molecule has 0 unspecified atom stereocenters. The molecule has 10 nitrogen and oxygen atoms in total. The maximum absolute atomic E-state index is 13.6. The molecule has 0 saturated carbocycles. The number of quaternary nitrogens is 2. The van der Waals surface area contributed by atoms with Gasteiger partial charge in [0.15, 0.2) is 11.4 Å². The van der Waals surface area contributed by atoms with Gasteiger partial charge in [0.25, 0.3) is 0 Å². The van der Waals surface area contributed by atoms with Crippen molar-refractivity contribution in [3.63, 3.8) is 0 Å². The fourth-order valence-corrected chi connectivity index (χ4v) is 7.17. The summed E-state index contributed by atoms with van der Waals surface area (Å²) in [5, 5.41) is 11.9. The Labute approximate surface area is 215 Å². The van der Waals surface area contributed by atoms with Gasteiger partial charge in [-0.1, -0.05) is 8.57 Å². The summed E-state index contributed by atoms with van der Waals surface area (Å²) in [4.78, 5) is -0.465. The molecule has 4 N–H and O–H groups in total. The normalized spacial score (nSPS) is 19.5. The second-order valence-corrected chi connectivity index (χ2v) is 11.6. The van der Waals surface area contributed by atoms with E-state index in [1.807, 2.05) is 41.5 Å². The zero-order chi connectivity index (χ0) is 27.4. The van der Waals surface area contributed by atoms with Gasteiger partial charge in [0.05, 0.1) is 0 Å². The molecule has 0 atom stereocenters. The summed E-state index contributed by atoms with van der Waals surface area (Å²) in [7, 11) is -8.71. The number of hydrogen-bond acceptors (Lipinski definition) is 6. The van der Waals surface area contributed by atoms with Gasteiger partial charge in [-0.15, -0.1) is 0 Å². The molecule has 2 aliphatic rings. The summed E-state index contributed by atoms with van der Waals surface area (Å²) < 4.78 is 65.4. The molecule has 12 heteroatoms. The van der Waals surface area contributed by atoms with Crippen LogP contribution in [0.25, 0.3) is 0 Å². The highest BCUT2D eigenvalue weighted by molar-refractivity contribution is 7.91. The van der Waals surface area contributed by atoms with Crippen molar-refractivity contribution in [2.45, 2.75) is 41.5 Å². The van der Waals surface area contributed by atoms with E-state index in [1.54, 1.807) is 0 Å². The molecule has 36 heavy (non-hydrogen) atoms. The van der Waals surface area contributed by atoms with Crippen LogP contribution in [0, 0.1) is 0 Å². The van der Waals surface area contributed by atoms with Gasteiger partial charge in [-0.3, -0.25) is 10.8 Å². The van der Waals surface area contributed by atoms with Gasteiger partial charge in [-0.2, -0.15) is 26.1 Å². The summed E-state index contributed by atoms with van der Waals surface area (Å²) in [6.45, 7) is 13.6. The lowest BCUT2D eigenvalue weighted by Crippen LogP contribution is -2.49. The Hall–Kier alpha value is -2.22. The smallest absolute Gasteiger partial charge is 0.254 e. The summed E-state index contributed by atoms with van der Waals surface area (Å²) in [5.41, 5.74) is 0.627. The fraction of sp³-hybridized carbons (Fsp3) is 0.500. The molecular weight excluding hydrogens is 504 g/mol. The average molecular weight is 545 g/mol. The first-order valence-electron chi connectivity index (χ1n) is 12.2. The van der Waals surface area contributed by atoms with E-state index in [0.29, 0.717) is 39.3 Å². The first-order chi connectivity index (χ1) is 16.8. The predicted molar refractivity (Wildman–Crippen MR) is 139 cm³/mol. The van der Waals surface area contributed by atoms with Crippen LogP contribution in [0.1, 0.15) is 41.5 Å². The van der Waals surface area contributed by atoms with Gasteiger partial charge in [-0.05, 0) is 53.7 Å². The van der Waals surface area contributed by atoms with E-state index in [2.05, 4.69) is 0 Å². The van der Waals surface area contributed by atoms with Gasteiger partial charge in [0.2, 0.25) is 0 Å². The number of hydrogen-bond donors (Lipinski definition) is 2. The Morgan fingerprint density at radius 1 is 0.583 bits per heavy atom. The van der Waals surface area contributed by atoms with Gasteiger partial charge >= 0.3 is 20.2 Å². The van der Waals surface area contributed by atoms with Gasteiger partial charge in [0.1, 0.15) is 49.1 Å². The van der Waals surface area contributed by atoms with E-state index < -0.39 is 20.2 Å². The summed E-state index contributed by atoms with van der Waals surface area (Å²) in [5.74, 6) is 0. The molecule has 0 amide bonds. The van der Waals surface area contributed by atoms with Crippen molar-refractivity contribution in [3.8, 4) is 0 Å². The second-order valence-electron chi connectivity index (χ2n) is 8.58. The molecular formula is C24H40N4O6S2+4. The molecule has 0 aromatic carbocycles. The highest BCUT2D eigenvalue weighted by Gasteiger charge is 2.41. The van der Waals surface area contributed by atoms with Crippen molar-refractivity contribution in [2.24, 2.45) is 0 Å². The number of allylic oxidation sites excluding steroid dienone is 8. The first kappa shape index (κ1) is 30.0. The van der Waals surface area contributed by atoms with Crippen LogP contribution >= 0.6 is 0 Å². The third-order valence-corrected chi connectivity index (χ3v) is 9.59. The minimum atomic E-state index is -4.36. The molecule has 0 aromatic heterocycles. The standard InChI is InChI=1S/C24H38N4O6S2/c1-7-27(8-2,9-3)33-35(29,30)23-17-19(25)13-15-21(23)22-16-14-20(26)18-24(22)36(31,32)34-28(10-4,11-5)12-6/h13-18,25-26H,7-12H2,1-6H3/q+2/p+2. The number of nitrogens with two attached hydrogens (primary N) is 2. The molecule has 0 spiro atoms. The zero-order valence-corrected chi connectivity index (χ0v) is 23.7. The lowest BCUT2D eigenvalue weighted by molar-refractivity contribution is -1.08. The monoisotopic (exact) mass is 544 g/mol. The molecule has 2 rings (SSSR count). The van der Waals surface area contributed by atoms with Crippen LogP contribution in [-0.4, -0.2) is 76.8 Å². The summed E-state index contributed by atoms with van der Waals surface area (Å²) in [6, 6.07) is 0. The molecule has 0 bridgehead atoms. The van der Waals surface area contributed by atoms with Crippen LogP contribution in [0.4, 0.5) is 0 Å². The van der Waals surface area contributed by atoms with Crippen LogP contribution in [0.5, 0.6) is 0 Å². The second kappa shape index (κ2) is 11.4. The summed E-state index contributed by atoms with van der Waals surface area (Å²) in [6.07, 6.45) is 8.51. The van der Waals surface area contributed by atoms with E-state index in [0.717, 1.165) is 0 Å². The molecule has 0 heterocycles. The van der Waals surface area contributed by atoms with Crippen LogP contribution < -0.4 is 10.8 Å². The quantitative estimate of drug-likeness (QED) is 0.259. The van der Waals surface area contributed by atoms with E-state index in [-0.39, 0.29) is 41.7 Å². The maximum atomic E-state index is 13.6. The molecule has 0 saturated heterocycles. The van der Waals surface area contributed by atoms with Crippen molar-refractivity contribution in [3.05, 3.63) is 57.4 Å². The van der Waals surface area contributed by atoms with Crippen molar-refractivity contribution in [1.29, 1.82) is 0 Å². The zero-order valence-electron chi connectivity index (χ0n) is 22.0. The molecule has 0 radical (unpaired) electrons. The largest absolute Gasteiger partial charge is 0.343 e. The van der Waals surface area contributed by atoms with Gasteiger partial charge in [0, 0.05) is 35.5 Å². The molecule has 200 valence electrons. The third kappa shape index (κ3) is 6.18. The van der Waals surface area contributed by atoms with Crippen LogP contribution in [0.15, 0.2) is 57.4 Å². The van der Waals surface area contributed by atoms with Gasteiger partial charge < -0.3 is 0 Å². The molecule has 0 fully saturated rings. The SMILES string of the molecule is CC[N+](CC)(CC)OS(=O)(=O)C1=CC(=[NH2+])C=CC1=C1C=CC(=[NH2+])C=C1S(=O)(=O)O[N+](CC)(CC)CC. The lowest BCUT2D eigenvalue weighted by Gasteiger charge is -2.32. The Morgan fingerprint density at radius 3 is 1.11 bits per heavy atom. The Balaban J connectivity index is 2.74. The predicted octanol–water partition coefficient (Wildman–Crippen LogP) is -0.134. The van der Waals surface area contributed by atoms with Crippen LogP contribution in [0.3, 0.4) is 0 Å². The van der Waals surface area contributed by atoms with Crippen molar-refractivity contribution in [1.82, 2.24) is 0 Å². The van der Waals surface area contributed by atoms with Crippen molar-refractivity contribution < 1.29 is 45.5 Å². The highest BCUT2D eigenvalue weighted by atomic mass is 32.2. The highest BCUT2D eigenvalue weighted by Crippen LogP contribution is 2.35. The Morgan fingerprint density at radius 2 is 0.861 bits per heavy atom. The third-order valence-electron chi connectivity index (χ3n) is 6.81. The minimum absolute atomic E-state index is 0.121. The van der Waals surface area contributed by atoms with Crippen LogP contribution in [-0.2, 0) is 28.8 Å². The lowest BCUT2D eigenvalue weighted by atomic mass is 9.98. The van der Waals surface area contributed by atoms with E-state index >= 15 is 0 Å². The Kier molecular flexibility index (Phi) is 9.54. The van der Waals surface area contributed by atoms with E-state index in [9.17, 15) is 16.8 Å². The topological polar surface area (TPSA) is 138 Å². The van der Waals surface area contributed by atoms with Crippen LogP contribution in [0.2, 0.25) is 0 Å². The van der Waals surface area contributed by atoms with E-state index in [4.69, 9.17) is 19.4 Å².